The van der Waals surface area contributed by atoms with Gasteiger partial charge in [-0.3, -0.25) is 0 Å². The molecule has 0 fully saturated rings. The fourth-order valence-corrected chi connectivity index (χ4v) is 1.02. The maximum Gasteiger partial charge on any atom is 0.243 e. The third-order valence-electron chi connectivity index (χ3n) is 1.64. The highest BCUT2D eigenvalue weighted by molar-refractivity contribution is 4.94. The molecule has 0 aromatic carbocycles. The van der Waals surface area contributed by atoms with Gasteiger partial charge in [0.05, 0.1) is 0 Å². The quantitative estimate of drug-likeness (QED) is 0.677. The summed E-state index contributed by atoms with van der Waals surface area (Å²) in [6, 6.07) is 0. The standard InChI is InChI=1S/C10H16O3/c1-8(2)4-3-5-10-12-7-9(6-11)13-10/h3-4,7-8,10-11H,5-6H2,1-2H3. The van der Waals surface area contributed by atoms with E-state index in [0.29, 0.717) is 11.7 Å². The Balaban J connectivity index is 2.20. The van der Waals surface area contributed by atoms with Crippen LogP contribution >= 0.6 is 0 Å². The topological polar surface area (TPSA) is 38.7 Å². The first-order valence-electron chi connectivity index (χ1n) is 4.51. The molecule has 0 aromatic rings. The molecule has 0 saturated carbocycles. The van der Waals surface area contributed by atoms with Gasteiger partial charge in [0, 0.05) is 6.42 Å². The molecule has 74 valence electrons. The zero-order valence-corrected chi connectivity index (χ0v) is 8.06. The summed E-state index contributed by atoms with van der Waals surface area (Å²) in [7, 11) is 0. The third kappa shape index (κ3) is 3.51. The maximum atomic E-state index is 8.71. The molecule has 3 heteroatoms. The normalized spacial score (nSPS) is 21.8. The lowest BCUT2D eigenvalue weighted by atomic mass is 10.2. The van der Waals surface area contributed by atoms with Crippen LogP contribution in [0.2, 0.25) is 0 Å². The molecule has 0 spiro atoms. The van der Waals surface area contributed by atoms with Gasteiger partial charge in [-0.1, -0.05) is 26.0 Å². The van der Waals surface area contributed by atoms with Crippen LogP contribution in [0.3, 0.4) is 0 Å². The van der Waals surface area contributed by atoms with E-state index >= 15 is 0 Å². The summed E-state index contributed by atoms with van der Waals surface area (Å²) in [4.78, 5) is 0. The predicted octanol–water partition coefficient (Wildman–Crippen LogP) is 1.80. The number of aliphatic hydroxyl groups excluding tert-OH is 1. The predicted molar refractivity (Wildman–Crippen MR) is 49.7 cm³/mol. The second kappa shape index (κ2) is 4.92. The molecule has 1 N–H and O–H groups in total. The second-order valence-electron chi connectivity index (χ2n) is 3.33. The van der Waals surface area contributed by atoms with E-state index in [1.165, 1.54) is 6.26 Å². The van der Waals surface area contributed by atoms with Gasteiger partial charge in [-0.25, -0.2) is 0 Å². The first-order valence-corrected chi connectivity index (χ1v) is 4.51. The minimum absolute atomic E-state index is 0.0929. The Morgan fingerprint density at radius 1 is 1.62 bits per heavy atom. The van der Waals surface area contributed by atoms with Crippen LogP contribution in [-0.4, -0.2) is 18.0 Å². The molecule has 1 rings (SSSR count). The molecule has 0 amide bonds. The Labute approximate surface area is 78.7 Å². The molecule has 0 bridgehead atoms. The zero-order chi connectivity index (χ0) is 9.68. The van der Waals surface area contributed by atoms with Gasteiger partial charge in [-0.2, -0.15) is 0 Å². The molecule has 3 nitrogen and oxygen atoms in total. The lowest BCUT2D eigenvalue weighted by molar-refractivity contribution is -0.0335. The molecule has 13 heavy (non-hydrogen) atoms. The van der Waals surface area contributed by atoms with Crippen molar-refractivity contribution in [2.75, 3.05) is 6.61 Å². The van der Waals surface area contributed by atoms with E-state index in [0.717, 1.165) is 6.42 Å². The number of hydrogen-bond donors (Lipinski definition) is 1. The van der Waals surface area contributed by atoms with Gasteiger partial charge in [-0.05, 0) is 5.92 Å². The number of rotatable bonds is 4. The molecule has 0 aromatic heterocycles. The van der Waals surface area contributed by atoms with Crippen molar-refractivity contribution in [2.45, 2.75) is 26.6 Å². The highest BCUT2D eigenvalue weighted by atomic mass is 16.7. The SMILES string of the molecule is CC(C)C=CCC1OC=C(CO)O1. The molecule has 0 radical (unpaired) electrons. The van der Waals surface area contributed by atoms with E-state index in [2.05, 4.69) is 19.9 Å². The Morgan fingerprint density at radius 3 is 2.92 bits per heavy atom. The van der Waals surface area contributed by atoms with E-state index in [1.54, 1.807) is 0 Å². The van der Waals surface area contributed by atoms with Crippen LogP contribution in [0.1, 0.15) is 20.3 Å². The lowest BCUT2D eigenvalue weighted by Crippen LogP contribution is -2.07. The van der Waals surface area contributed by atoms with Crippen LogP contribution < -0.4 is 0 Å². The Bertz CT molecular complexity index is 206. The van der Waals surface area contributed by atoms with Crippen molar-refractivity contribution in [1.29, 1.82) is 0 Å². The summed E-state index contributed by atoms with van der Waals surface area (Å²) in [5.74, 6) is 1.05. The summed E-state index contributed by atoms with van der Waals surface area (Å²) < 4.78 is 10.4. The van der Waals surface area contributed by atoms with Gasteiger partial charge in [-0.15, -0.1) is 0 Å². The van der Waals surface area contributed by atoms with Crippen LogP contribution in [0.25, 0.3) is 0 Å². The molecule has 1 atom stereocenters. The van der Waals surface area contributed by atoms with Gasteiger partial charge in [0.15, 0.2) is 5.76 Å². The van der Waals surface area contributed by atoms with Crippen molar-refractivity contribution in [3.05, 3.63) is 24.2 Å². The number of hydrogen-bond acceptors (Lipinski definition) is 3. The average molecular weight is 184 g/mol. The zero-order valence-electron chi connectivity index (χ0n) is 8.06. The number of ether oxygens (including phenoxy) is 2. The molecule has 1 aliphatic rings. The van der Waals surface area contributed by atoms with E-state index in [9.17, 15) is 0 Å². The first kappa shape index (κ1) is 10.1. The summed E-state index contributed by atoms with van der Waals surface area (Å²) in [5, 5.41) is 8.71. The molecular formula is C10H16O3. The van der Waals surface area contributed by atoms with E-state index in [-0.39, 0.29) is 12.9 Å². The van der Waals surface area contributed by atoms with E-state index in [4.69, 9.17) is 14.6 Å². The van der Waals surface area contributed by atoms with Crippen molar-refractivity contribution in [1.82, 2.24) is 0 Å². The fraction of sp³-hybridized carbons (Fsp3) is 0.600. The van der Waals surface area contributed by atoms with Crippen molar-refractivity contribution < 1.29 is 14.6 Å². The Hall–Kier alpha value is -0.960. The monoisotopic (exact) mass is 184 g/mol. The number of allylic oxidation sites excluding steroid dienone is 1. The van der Waals surface area contributed by atoms with Crippen LogP contribution in [0, 0.1) is 5.92 Å². The largest absolute Gasteiger partial charge is 0.459 e. The van der Waals surface area contributed by atoms with Gasteiger partial charge < -0.3 is 14.6 Å². The third-order valence-corrected chi connectivity index (χ3v) is 1.64. The Kier molecular flexibility index (Phi) is 3.83. The number of aliphatic hydroxyl groups is 1. The molecule has 1 heterocycles. The van der Waals surface area contributed by atoms with Crippen LogP contribution in [0.4, 0.5) is 0 Å². The minimum Gasteiger partial charge on any atom is -0.459 e. The van der Waals surface area contributed by atoms with Crippen molar-refractivity contribution in [3.8, 4) is 0 Å². The lowest BCUT2D eigenvalue weighted by Gasteiger charge is -2.08. The van der Waals surface area contributed by atoms with Crippen molar-refractivity contribution in [3.63, 3.8) is 0 Å². The minimum atomic E-state index is -0.253. The second-order valence-corrected chi connectivity index (χ2v) is 3.33. The average Bonchev–Trinajstić information content (AvgIpc) is 2.52. The molecular weight excluding hydrogens is 168 g/mol. The molecule has 1 unspecified atom stereocenters. The smallest absolute Gasteiger partial charge is 0.243 e. The fourth-order valence-electron chi connectivity index (χ4n) is 1.02. The van der Waals surface area contributed by atoms with Crippen LogP contribution in [0.5, 0.6) is 0 Å². The van der Waals surface area contributed by atoms with Crippen LogP contribution in [-0.2, 0) is 9.47 Å². The summed E-state index contributed by atoms with van der Waals surface area (Å²) in [6.07, 6.45) is 6.07. The van der Waals surface area contributed by atoms with Gasteiger partial charge >= 0.3 is 0 Å². The summed E-state index contributed by atoms with van der Waals surface area (Å²) >= 11 is 0. The highest BCUT2D eigenvalue weighted by Gasteiger charge is 2.16. The van der Waals surface area contributed by atoms with Gasteiger partial charge in [0.1, 0.15) is 12.9 Å². The highest BCUT2D eigenvalue weighted by Crippen LogP contribution is 2.16. The van der Waals surface area contributed by atoms with Crippen molar-refractivity contribution in [2.24, 2.45) is 5.92 Å². The Morgan fingerprint density at radius 2 is 2.38 bits per heavy atom. The molecule has 0 aliphatic carbocycles. The van der Waals surface area contributed by atoms with E-state index in [1.807, 2.05) is 6.08 Å². The molecule has 0 saturated heterocycles. The van der Waals surface area contributed by atoms with Gasteiger partial charge in [0.25, 0.3) is 0 Å². The maximum absolute atomic E-state index is 8.71. The first-order chi connectivity index (χ1) is 6.22. The van der Waals surface area contributed by atoms with Gasteiger partial charge in [0.2, 0.25) is 6.29 Å². The summed E-state index contributed by atoms with van der Waals surface area (Å²) in [5.41, 5.74) is 0. The molecule has 1 aliphatic heterocycles. The summed E-state index contributed by atoms with van der Waals surface area (Å²) in [6.45, 7) is 4.14. The van der Waals surface area contributed by atoms with E-state index < -0.39 is 0 Å². The van der Waals surface area contributed by atoms with Crippen molar-refractivity contribution >= 4 is 0 Å². The van der Waals surface area contributed by atoms with Crippen LogP contribution in [0.15, 0.2) is 24.2 Å².